The number of ether oxygens (including phenoxy) is 1. The lowest BCUT2D eigenvalue weighted by Crippen LogP contribution is -2.43. The van der Waals surface area contributed by atoms with E-state index in [2.05, 4.69) is 19.8 Å². The lowest BCUT2D eigenvalue weighted by Gasteiger charge is -2.40. The molecule has 1 atom stereocenters. The molecule has 8 heteroatoms. The molecule has 0 aliphatic carbocycles. The van der Waals surface area contributed by atoms with Crippen LogP contribution in [-0.2, 0) is 11.3 Å². The van der Waals surface area contributed by atoms with Crippen molar-refractivity contribution in [2.45, 2.75) is 38.9 Å². The molecule has 1 aromatic carbocycles. The third kappa shape index (κ3) is 3.72. The van der Waals surface area contributed by atoms with E-state index < -0.39 is 6.10 Å². The average molecular weight is 434 g/mol. The zero-order valence-electron chi connectivity index (χ0n) is 18.3. The maximum absolute atomic E-state index is 11.8. The van der Waals surface area contributed by atoms with Gasteiger partial charge in [0.05, 0.1) is 24.1 Å². The first-order valence-electron chi connectivity index (χ1n) is 11.1. The Kier molecular flexibility index (Phi) is 5.31. The molecule has 3 aliphatic rings. The number of carbonyl (C=O) groups excluding carboxylic acids is 1. The van der Waals surface area contributed by atoms with Crippen molar-refractivity contribution in [1.29, 1.82) is 5.26 Å². The Morgan fingerprint density at radius 2 is 2.00 bits per heavy atom. The highest BCUT2D eigenvalue weighted by Gasteiger charge is 2.41. The second-order valence-corrected chi connectivity index (χ2v) is 9.24. The van der Waals surface area contributed by atoms with Crippen LogP contribution in [-0.4, -0.2) is 58.7 Å². The Balaban J connectivity index is 1.18. The van der Waals surface area contributed by atoms with Gasteiger partial charge in [-0.2, -0.15) is 5.26 Å². The van der Waals surface area contributed by atoms with Gasteiger partial charge in [0.25, 0.3) is 0 Å². The van der Waals surface area contributed by atoms with Crippen molar-refractivity contribution in [1.82, 2.24) is 14.9 Å². The lowest BCUT2D eigenvalue weighted by atomic mass is 9.77. The van der Waals surface area contributed by atoms with Gasteiger partial charge in [0.15, 0.2) is 5.69 Å². The van der Waals surface area contributed by atoms with Gasteiger partial charge in [-0.25, -0.2) is 14.8 Å². The molecule has 4 heterocycles. The van der Waals surface area contributed by atoms with Crippen molar-refractivity contribution in [2.75, 3.05) is 37.6 Å². The van der Waals surface area contributed by atoms with Crippen molar-refractivity contribution in [3.63, 3.8) is 0 Å². The quantitative estimate of drug-likeness (QED) is 0.733. The fraction of sp³-hybridized carbons (Fsp3) is 0.500. The SMILES string of the molecule is Cc1c([C@@H](O)CN2CCC3(CC2)CCN(c2cnc(C#N)cn2)C3)ccc2c1COC2=O. The van der Waals surface area contributed by atoms with Gasteiger partial charge in [-0.1, -0.05) is 6.07 Å². The van der Waals surface area contributed by atoms with Crippen LogP contribution >= 0.6 is 0 Å². The normalized spacial score (nSPS) is 20.8. The van der Waals surface area contributed by atoms with E-state index in [4.69, 9.17) is 10.00 Å². The maximum Gasteiger partial charge on any atom is 0.338 e. The van der Waals surface area contributed by atoms with Gasteiger partial charge >= 0.3 is 5.97 Å². The number of β-amino-alcohol motifs (C(OH)–C–C–N with tert-alkyl or cyclic N) is 1. The molecule has 2 saturated heterocycles. The Hall–Kier alpha value is -3.02. The molecular formula is C24H27N5O3. The lowest BCUT2D eigenvalue weighted by molar-refractivity contribution is 0.0534. The number of fused-ring (bicyclic) bond motifs is 1. The van der Waals surface area contributed by atoms with E-state index in [1.165, 1.54) is 6.20 Å². The summed E-state index contributed by atoms with van der Waals surface area (Å²) in [5.74, 6) is 0.566. The third-order valence-corrected chi connectivity index (χ3v) is 7.43. The average Bonchev–Trinajstić information content (AvgIpc) is 3.40. The van der Waals surface area contributed by atoms with Crippen molar-refractivity contribution in [3.8, 4) is 6.07 Å². The number of esters is 1. The van der Waals surface area contributed by atoms with E-state index in [0.717, 1.165) is 67.9 Å². The molecule has 2 fully saturated rings. The molecule has 8 nitrogen and oxygen atoms in total. The molecule has 166 valence electrons. The summed E-state index contributed by atoms with van der Waals surface area (Å²) in [4.78, 5) is 24.9. The zero-order chi connectivity index (χ0) is 22.3. The van der Waals surface area contributed by atoms with Crippen molar-refractivity contribution >= 4 is 11.8 Å². The Morgan fingerprint density at radius 3 is 2.72 bits per heavy atom. The molecule has 3 aliphatic heterocycles. The van der Waals surface area contributed by atoms with Crippen molar-refractivity contribution in [3.05, 3.63) is 52.5 Å². The van der Waals surface area contributed by atoms with E-state index in [9.17, 15) is 9.90 Å². The number of aliphatic hydroxyl groups is 1. The number of aliphatic hydroxyl groups excluding tert-OH is 1. The van der Waals surface area contributed by atoms with Crippen molar-refractivity contribution < 1.29 is 14.6 Å². The zero-order valence-corrected chi connectivity index (χ0v) is 18.3. The minimum absolute atomic E-state index is 0.275. The standard InChI is InChI=1S/C24H27N5O3/c1-16-18(2-3-19-20(16)14-32-23(19)31)21(30)13-28-7-4-24(5-8-28)6-9-29(15-24)22-12-26-17(10-25)11-27-22/h2-3,11-12,21,30H,4-9,13-15H2,1H3/t21-/m0/s1. The van der Waals surface area contributed by atoms with E-state index in [1.807, 2.05) is 19.1 Å². The van der Waals surface area contributed by atoms with Gasteiger partial charge in [-0.3, -0.25) is 0 Å². The van der Waals surface area contributed by atoms with Gasteiger partial charge in [0.2, 0.25) is 0 Å². The summed E-state index contributed by atoms with van der Waals surface area (Å²) in [5, 5.41) is 19.8. The topological polar surface area (TPSA) is 103 Å². The smallest absolute Gasteiger partial charge is 0.338 e. The molecule has 1 N–H and O–H groups in total. The number of carbonyl (C=O) groups is 1. The van der Waals surface area contributed by atoms with E-state index in [1.54, 1.807) is 12.3 Å². The van der Waals surface area contributed by atoms with Crippen LogP contribution in [0.1, 0.15) is 58.1 Å². The molecule has 0 amide bonds. The Labute approximate surface area is 187 Å². The van der Waals surface area contributed by atoms with Crippen LogP contribution in [0.2, 0.25) is 0 Å². The highest BCUT2D eigenvalue weighted by atomic mass is 16.5. The van der Waals surface area contributed by atoms with Crippen LogP contribution in [0.5, 0.6) is 0 Å². The monoisotopic (exact) mass is 433 g/mol. The first-order valence-corrected chi connectivity index (χ1v) is 11.1. The predicted molar refractivity (Wildman–Crippen MR) is 117 cm³/mol. The number of hydrogen-bond acceptors (Lipinski definition) is 8. The fourth-order valence-electron chi connectivity index (χ4n) is 5.36. The van der Waals surface area contributed by atoms with Gasteiger partial charge in [0.1, 0.15) is 18.5 Å². The van der Waals surface area contributed by atoms with Crippen LogP contribution in [0.25, 0.3) is 0 Å². The number of aromatic nitrogens is 2. The molecule has 1 spiro atoms. The van der Waals surface area contributed by atoms with Gasteiger partial charge in [0, 0.05) is 25.2 Å². The van der Waals surface area contributed by atoms with E-state index in [-0.39, 0.29) is 11.4 Å². The molecule has 0 bridgehead atoms. The summed E-state index contributed by atoms with van der Waals surface area (Å²) >= 11 is 0. The molecule has 5 rings (SSSR count). The first-order chi connectivity index (χ1) is 15.5. The number of cyclic esters (lactones) is 1. The minimum atomic E-state index is -0.584. The van der Waals surface area contributed by atoms with Gasteiger partial charge in [-0.05, 0) is 61.9 Å². The largest absolute Gasteiger partial charge is 0.457 e. The summed E-state index contributed by atoms with van der Waals surface area (Å²) in [6.07, 6.45) is 5.95. The van der Waals surface area contributed by atoms with E-state index in [0.29, 0.717) is 24.4 Å². The van der Waals surface area contributed by atoms with Crippen LogP contribution in [0.4, 0.5) is 5.82 Å². The van der Waals surface area contributed by atoms with Gasteiger partial charge in [-0.15, -0.1) is 0 Å². The predicted octanol–water partition coefficient (Wildman–Crippen LogP) is 2.35. The highest BCUT2D eigenvalue weighted by molar-refractivity contribution is 5.93. The summed E-state index contributed by atoms with van der Waals surface area (Å²) in [6.45, 7) is 6.68. The number of anilines is 1. The molecule has 2 aromatic rings. The van der Waals surface area contributed by atoms with Crippen molar-refractivity contribution in [2.24, 2.45) is 5.41 Å². The molecule has 0 unspecified atom stereocenters. The number of nitriles is 1. The summed E-state index contributed by atoms with van der Waals surface area (Å²) in [5.41, 5.74) is 3.99. The summed E-state index contributed by atoms with van der Waals surface area (Å²) in [6, 6.07) is 5.66. The van der Waals surface area contributed by atoms with Crippen LogP contribution in [0, 0.1) is 23.7 Å². The molecule has 0 saturated carbocycles. The second kappa shape index (κ2) is 8.15. The molecule has 32 heavy (non-hydrogen) atoms. The maximum atomic E-state index is 11.8. The Morgan fingerprint density at radius 1 is 1.22 bits per heavy atom. The fourth-order valence-corrected chi connectivity index (χ4v) is 5.36. The molecular weight excluding hydrogens is 406 g/mol. The first kappa shape index (κ1) is 20.9. The minimum Gasteiger partial charge on any atom is -0.457 e. The molecule has 1 aromatic heterocycles. The van der Waals surface area contributed by atoms with Crippen LogP contribution in [0.3, 0.4) is 0 Å². The number of piperidine rings is 1. The number of benzene rings is 1. The summed E-state index contributed by atoms with van der Waals surface area (Å²) < 4.78 is 5.14. The second-order valence-electron chi connectivity index (χ2n) is 9.24. The number of likely N-dealkylation sites (tertiary alicyclic amines) is 1. The molecule has 0 radical (unpaired) electrons. The van der Waals surface area contributed by atoms with Gasteiger partial charge < -0.3 is 19.6 Å². The van der Waals surface area contributed by atoms with Crippen LogP contribution < -0.4 is 4.90 Å². The number of nitrogens with zero attached hydrogens (tertiary/aromatic N) is 5. The number of rotatable bonds is 4. The van der Waals surface area contributed by atoms with E-state index >= 15 is 0 Å². The highest BCUT2D eigenvalue weighted by Crippen LogP contribution is 2.42. The summed E-state index contributed by atoms with van der Waals surface area (Å²) in [7, 11) is 0. The van der Waals surface area contributed by atoms with Crippen LogP contribution in [0.15, 0.2) is 24.5 Å². The third-order valence-electron chi connectivity index (χ3n) is 7.43. The number of hydrogen-bond donors (Lipinski definition) is 1. The Bertz CT molecular complexity index is 1070.